The van der Waals surface area contributed by atoms with Crippen LogP contribution in [0.3, 0.4) is 0 Å². The van der Waals surface area contributed by atoms with Crippen LogP contribution >= 0.6 is 0 Å². The lowest BCUT2D eigenvalue weighted by Crippen LogP contribution is -2.49. The molecule has 0 atom stereocenters. The van der Waals surface area contributed by atoms with Crippen molar-refractivity contribution in [3.05, 3.63) is 47.3 Å². The van der Waals surface area contributed by atoms with Crippen molar-refractivity contribution in [1.82, 2.24) is 14.3 Å². The molecule has 26 heavy (non-hydrogen) atoms. The second-order valence-corrected chi connectivity index (χ2v) is 8.13. The molecular weight excluding hydrogens is 350 g/mol. The van der Waals surface area contributed by atoms with E-state index in [2.05, 4.69) is 9.97 Å². The largest absolute Gasteiger partial charge is 0.338 e. The van der Waals surface area contributed by atoms with Crippen LogP contribution in [0.2, 0.25) is 0 Å². The Kier molecular flexibility index (Phi) is 5.20. The molecule has 2 heterocycles. The fourth-order valence-electron chi connectivity index (χ4n) is 2.93. The predicted octanol–water partition coefficient (Wildman–Crippen LogP) is 1.73. The summed E-state index contributed by atoms with van der Waals surface area (Å²) in [5.74, 6) is 0.478. The number of rotatable bonds is 4. The highest BCUT2D eigenvalue weighted by Gasteiger charge is 2.29. The minimum atomic E-state index is -3.50. The number of benzene rings is 1. The number of anilines is 1. The monoisotopic (exact) mass is 371 g/mol. The number of sulfonamides is 1. The van der Waals surface area contributed by atoms with E-state index in [1.807, 2.05) is 36.9 Å². The van der Waals surface area contributed by atoms with Gasteiger partial charge in [-0.05, 0) is 37.1 Å². The molecule has 0 saturated carbocycles. The molecule has 1 fully saturated rings. The van der Waals surface area contributed by atoms with Gasteiger partial charge in [0.05, 0.1) is 4.90 Å². The SMILES string of the molecule is CCc1ccc(S(=O)(=O)N2CCN(c3nc(C)cc(C#N)n3)CC2)cc1. The zero-order chi connectivity index (χ0) is 18.7. The van der Waals surface area contributed by atoms with Crippen LogP contribution in [0, 0.1) is 18.3 Å². The van der Waals surface area contributed by atoms with E-state index in [0.717, 1.165) is 17.7 Å². The van der Waals surface area contributed by atoms with Crippen LogP contribution < -0.4 is 4.90 Å². The Labute approximate surface area is 154 Å². The van der Waals surface area contributed by atoms with E-state index < -0.39 is 10.0 Å². The van der Waals surface area contributed by atoms with E-state index in [4.69, 9.17) is 5.26 Å². The number of hydrogen-bond donors (Lipinski definition) is 0. The molecule has 0 N–H and O–H groups in total. The first-order valence-electron chi connectivity index (χ1n) is 8.54. The average molecular weight is 371 g/mol. The van der Waals surface area contributed by atoms with Crippen molar-refractivity contribution in [2.45, 2.75) is 25.2 Å². The van der Waals surface area contributed by atoms with E-state index in [9.17, 15) is 8.42 Å². The van der Waals surface area contributed by atoms with E-state index in [0.29, 0.717) is 42.7 Å². The summed E-state index contributed by atoms with van der Waals surface area (Å²) in [6.45, 7) is 5.54. The third-order valence-corrected chi connectivity index (χ3v) is 6.36. The van der Waals surface area contributed by atoms with Crippen molar-refractivity contribution in [2.24, 2.45) is 0 Å². The van der Waals surface area contributed by atoms with Crippen molar-refractivity contribution in [1.29, 1.82) is 5.26 Å². The van der Waals surface area contributed by atoms with E-state index in [-0.39, 0.29) is 0 Å². The van der Waals surface area contributed by atoms with Crippen molar-refractivity contribution in [2.75, 3.05) is 31.1 Å². The second-order valence-electron chi connectivity index (χ2n) is 6.20. The predicted molar refractivity (Wildman–Crippen MR) is 98.3 cm³/mol. The first-order valence-corrected chi connectivity index (χ1v) is 9.98. The number of aryl methyl sites for hydroxylation is 2. The summed E-state index contributed by atoms with van der Waals surface area (Å²) in [5, 5.41) is 9.05. The lowest BCUT2D eigenvalue weighted by Gasteiger charge is -2.34. The third kappa shape index (κ3) is 3.69. The van der Waals surface area contributed by atoms with Gasteiger partial charge in [-0.3, -0.25) is 0 Å². The first kappa shape index (κ1) is 18.3. The van der Waals surface area contributed by atoms with Gasteiger partial charge in [0, 0.05) is 31.9 Å². The zero-order valence-electron chi connectivity index (χ0n) is 14.9. The van der Waals surface area contributed by atoms with Gasteiger partial charge in [-0.25, -0.2) is 18.4 Å². The number of piperazine rings is 1. The topological polar surface area (TPSA) is 90.2 Å². The molecule has 0 unspecified atom stereocenters. The fourth-order valence-corrected chi connectivity index (χ4v) is 4.35. The third-order valence-electron chi connectivity index (χ3n) is 4.45. The normalized spacial score (nSPS) is 15.7. The van der Waals surface area contributed by atoms with E-state index in [1.165, 1.54) is 4.31 Å². The highest BCUT2D eigenvalue weighted by molar-refractivity contribution is 7.89. The summed E-state index contributed by atoms with van der Waals surface area (Å²) in [6, 6.07) is 10.7. The minimum absolute atomic E-state index is 0.318. The van der Waals surface area contributed by atoms with Gasteiger partial charge in [-0.1, -0.05) is 19.1 Å². The molecule has 0 radical (unpaired) electrons. The van der Waals surface area contributed by atoms with Crippen molar-refractivity contribution in [3.63, 3.8) is 0 Å². The van der Waals surface area contributed by atoms with Crippen molar-refractivity contribution in [3.8, 4) is 6.07 Å². The van der Waals surface area contributed by atoms with E-state index in [1.54, 1.807) is 18.2 Å². The summed E-state index contributed by atoms with van der Waals surface area (Å²) in [4.78, 5) is 10.8. The summed E-state index contributed by atoms with van der Waals surface area (Å²) in [5.41, 5.74) is 2.15. The number of nitrogens with zero attached hydrogens (tertiary/aromatic N) is 5. The second kappa shape index (κ2) is 7.40. The molecule has 1 aromatic carbocycles. The van der Waals surface area contributed by atoms with Gasteiger partial charge in [0.1, 0.15) is 11.8 Å². The molecule has 0 bridgehead atoms. The molecule has 1 aliphatic heterocycles. The standard InChI is InChI=1S/C18H21N5O2S/c1-3-15-4-6-17(7-5-15)26(24,25)23-10-8-22(9-11-23)18-20-14(2)12-16(13-19)21-18/h4-7,12H,3,8-11H2,1-2H3. The quantitative estimate of drug-likeness (QED) is 0.813. The molecule has 0 aliphatic carbocycles. The van der Waals surface area contributed by atoms with Gasteiger partial charge in [-0.2, -0.15) is 9.57 Å². The molecule has 0 amide bonds. The lowest BCUT2D eigenvalue weighted by atomic mass is 10.2. The van der Waals surface area contributed by atoms with Gasteiger partial charge in [-0.15, -0.1) is 0 Å². The summed E-state index contributed by atoms with van der Waals surface area (Å²) < 4.78 is 27.1. The fraction of sp³-hybridized carbons (Fsp3) is 0.389. The Morgan fingerprint density at radius 2 is 1.77 bits per heavy atom. The summed E-state index contributed by atoms with van der Waals surface area (Å²) >= 11 is 0. The van der Waals surface area contributed by atoms with Crippen molar-refractivity contribution < 1.29 is 8.42 Å². The van der Waals surface area contributed by atoms with Crippen LogP contribution in [0.1, 0.15) is 23.9 Å². The highest BCUT2D eigenvalue weighted by atomic mass is 32.2. The smallest absolute Gasteiger partial charge is 0.243 e. The maximum atomic E-state index is 12.8. The Hall–Kier alpha value is -2.50. The molecule has 2 aromatic rings. The molecule has 3 rings (SSSR count). The molecule has 1 saturated heterocycles. The Morgan fingerprint density at radius 3 is 2.35 bits per heavy atom. The van der Waals surface area contributed by atoms with Gasteiger partial charge in [0.2, 0.25) is 16.0 Å². The zero-order valence-corrected chi connectivity index (χ0v) is 15.7. The highest BCUT2D eigenvalue weighted by Crippen LogP contribution is 2.20. The molecular formula is C18H21N5O2S. The molecule has 8 heteroatoms. The van der Waals surface area contributed by atoms with Crippen LogP contribution in [0.25, 0.3) is 0 Å². The molecule has 1 aliphatic rings. The summed E-state index contributed by atoms with van der Waals surface area (Å²) in [6.07, 6.45) is 0.875. The van der Waals surface area contributed by atoms with Crippen LogP contribution in [-0.4, -0.2) is 48.9 Å². The molecule has 136 valence electrons. The van der Waals surface area contributed by atoms with Gasteiger partial charge >= 0.3 is 0 Å². The Bertz CT molecular complexity index is 927. The maximum Gasteiger partial charge on any atom is 0.243 e. The minimum Gasteiger partial charge on any atom is -0.338 e. The van der Waals surface area contributed by atoms with Gasteiger partial charge < -0.3 is 4.90 Å². The first-order chi connectivity index (χ1) is 12.4. The molecule has 0 spiro atoms. The van der Waals surface area contributed by atoms with Crippen LogP contribution in [0.4, 0.5) is 5.95 Å². The molecule has 1 aromatic heterocycles. The van der Waals surface area contributed by atoms with Gasteiger partial charge in [0.15, 0.2) is 0 Å². The number of aromatic nitrogens is 2. The summed E-state index contributed by atoms with van der Waals surface area (Å²) in [7, 11) is -3.50. The average Bonchev–Trinajstić information content (AvgIpc) is 2.67. The Balaban J connectivity index is 1.73. The van der Waals surface area contributed by atoms with Gasteiger partial charge in [0.25, 0.3) is 0 Å². The number of hydrogen-bond acceptors (Lipinski definition) is 6. The number of nitriles is 1. The molecule has 7 nitrogen and oxygen atoms in total. The lowest BCUT2D eigenvalue weighted by molar-refractivity contribution is 0.382. The van der Waals surface area contributed by atoms with Crippen molar-refractivity contribution >= 4 is 16.0 Å². The van der Waals surface area contributed by atoms with Crippen LogP contribution in [0.15, 0.2) is 35.2 Å². The Morgan fingerprint density at radius 1 is 1.12 bits per heavy atom. The van der Waals surface area contributed by atoms with Crippen LogP contribution in [-0.2, 0) is 16.4 Å². The van der Waals surface area contributed by atoms with Crippen LogP contribution in [0.5, 0.6) is 0 Å². The maximum absolute atomic E-state index is 12.8. The van der Waals surface area contributed by atoms with E-state index >= 15 is 0 Å².